The summed E-state index contributed by atoms with van der Waals surface area (Å²) in [5.74, 6) is 1.52. The van der Waals surface area contributed by atoms with E-state index in [9.17, 15) is 4.79 Å². The minimum Gasteiger partial charge on any atom is -0.497 e. The molecule has 1 amide bonds. The number of morpholine rings is 1. The smallest absolute Gasteiger partial charge is 0.255 e. The van der Waals surface area contributed by atoms with Gasteiger partial charge in [0.15, 0.2) is 0 Å². The first-order chi connectivity index (χ1) is 17.7. The fourth-order valence-electron chi connectivity index (χ4n) is 3.89. The van der Waals surface area contributed by atoms with Gasteiger partial charge < -0.3 is 24.4 Å². The van der Waals surface area contributed by atoms with Crippen molar-refractivity contribution in [1.82, 2.24) is 10.2 Å². The van der Waals surface area contributed by atoms with Crippen molar-refractivity contribution in [3.63, 3.8) is 0 Å². The third-order valence-corrected chi connectivity index (χ3v) is 5.85. The summed E-state index contributed by atoms with van der Waals surface area (Å²) >= 11 is 0. The molecule has 1 aliphatic rings. The Labute approximate surface area is 209 Å². The van der Waals surface area contributed by atoms with E-state index < -0.39 is 0 Å². The lowest BCUT2D eigenvalue weighted by Crippen LogP contribution is -2.36. The van der Waals surface area contributed by atoms with Crippen LogP contribution in [0.15, 0.2) is 84.9 Å². The number of methoxy groups -OCH3 is 1. The average Bonchev–Trinajstić information content (AvgIpc) is 2.94. The quantitative estimate of drug-likeness (QED) is 0.395. The van der Waals surface area contributed by atoms with Gasteiger partial charge in [-0.2, -0.15) is 0 Å². The highest BCUT2D eigenvalue weighted by molar-refractivity contribution is 6.04. The Morgan fingerprint density at radius 3 is 2.33 bits per heavy atom. The Morgan fingerprint density at radius 2 is 1.64 bits per heavy atom. The van der Waals surface area contributed by atoms with Crippen molar-refractivity contribution in [2.45, 2.75) is 0 Å². The van der Waals surface area contributed by atoms with E-state index in [1.807, 2.05) is 60.7 Å². The molecule has 0 aliphatic carbocycles. The van der Waals surface area contributed by atoms with E-state index in [2.05, 4.69) is 20.4 Å². The molecule has 36 heavy (non-hydrogen) atoms. The fourth-order valence-corrected chi connectivity index (χ4v) is 3.89. The van der Waals surface area contributed by atoms with Gasteiger partial charge in [-0.3, -0.25) is 4.79 Å². The first kappa shape index (κ1) is 23.3. The normalized spacial score (nSPS) is 13.2. The molecule has 2 heterocycles. The van der Waals surface area contributed by atoms with Crippen LogP contribution in [0.3, 0.4) is 0 Å². The SMILES string of the molecule is COc1cccc(Oc2ccc(-c3ccc(C(=O)Nc4ccc(N5CCOCC5)cc4)cc3)nn2)c1. The molecule has 0 unspecified atom stereocenters. The molecule has 0 saturated carbocycles. The number of aromatic nitrogens is 2. The van der Waals surface area contributed by atoms with Gasteiger partial charge in [0.25, 0.3) is 5.91 Å². The number of rotatable bonds is 7. The van der Waals surface area contributed by atoms with Crippen LogP contribution in [-0.2, 0) is 4.74 Å². The van der Waals surface area contributed by atoms with Crippen LogP contribution in [0.4, 0.5) is 11.4 Å². The molecule has 4 aromatic rings. The predicted octanol–water partition coefficient (Wildman–Crippen LogP) is 5.03. The van der Waals surface area contributed by atoms with Crippen molar-refractivity contribution in [1.29, 1.82) is 0 Å². The van der Waals surface area contributed by atoms with Gasteiger partial charge in [0.1, 0.15) is 11.5 Å². The maximum absolute atomic E-state index is 12.7. The molecule has 5 rings (SSSR count). The molecule has 1 fully saturated rings. The lowest BCUT2D eigenvalue weighted by Gasteiger charge is -2.28. The number of anilines is 2. The molecular formula is C28H26N4O4. The zero-order valence-electron chi connectivity index (χ0n) is 19.9. The van der Waals surface area contributed by atoms with E-state index in [0.717, 1.165) is 43.2 Å². The number of ether oxygens (including phenoxy) is 3. The molecular weight excluding hydrogens is 456 g/mol. The molecule has 1 saturated heterocycles. The monoisotopic (exact) mass is 482 g/mol. The first-order valence-electron chi connectivity index (χ1n) is 11.7. The molecule has 0 bridgehead atoms. The summed E-state index contributed by atoms with van der Waals surface area (Å²) in [6.07, 6.45) is 0. The zero-order chi connectivity index (χ0) is 24.7. The van der Waals surface area contributed by atoms with E-state index in [1.165, 1.54) is 0 Å². The summed E-state index contributed by atoms with van der Waals surface area (Å²) in [5, 5.41) is 11.4. The molecule has 1 aromatic heterocycles. The number of hydrogen-bond acceptors (Lipinski definition) is 7. The van der Waals surface area contributed by atoms with Gasteiger partial charge in [-0.1, -0.05) is 18.2 Å². The van der Waals surface area contributed by atoms with Gasteiger partial charge in [-0.25, -0.2) is 0 Å². The minimum atomic E-state index is -0.172. The van der Waals surface area contributed by atoms with E-state index in [0.29, 0.717) is 28.6 Å². The molecule has 8 heteroatoms. The van der Waals surface area contributed by atoms with Crippen LogP contribution in [0.5, 0.6) is 17.4 Å². The summed E-state index contributed by atoms with van der Waals surface area (Å²) in [6.45, 7) is 3.23. The second-order valence-electron chi connectivity index (χ2n) is 8.22. The fraction of sp³-hybridized carbons (Fsp3) is 0.179. The van der Waals surface area contributed by atoms with E-state index >= 15 is 0 Å². The third kappa shape index (κ3) is 5.61. The molecule has 0 atom stereocenters. The standard InChI is InChI=1S/C28H26N4O4/c1-34-24-3-2-4-25(19-24)36-27-14-13-26(30-31-27)20-5-7-21(8-6-20)28(33)29-22-9-11-23(12-10-22)32-15-17-35-18-16-32/h2-14,19H,15-18H2,1H3,(H,29,33). The van der Waals surface area contributed by atoms with Crippen LogP contribution in [0.1, 0.15) is 10.4 Å². The van der Waals surface area contributed by atoms with E-state index in [1.54, 1.807) is 31.4 Å². The van der Waals surface area contributed by atoms with Crippen molar-refractivity contribution < 1.29 is 19.0 Å². The lowest BCUT2D eigenvalue weighted by molar-refractivity contribution is 0.102. The second kappa shape index (κ2) is 10.9. The van der Waals surface area contributed by atoms with E-state index in [-0.39, 0.29) is 5.91 Å². The summed E-state index contributed by atoms with van der Waals surface area (Å²) in [5.41, 5.74) is 3.96. The summed E-state index contributed by atoms with van der Waals surface area (Å²) in [6, 6.07) is 26.0. The Kier molecular flexibility index (Phi) is 7.05. The molecule has 3 aromatic carbocycles. The number of benzene rings is 3. The summed E-state index contributed by atoms with van der Waals surface area (Å²) in [7, 11) is 1.60. The van der Waals surface area contributed by atoms with Gasteiger partial charge in [-0.05, 0) is 54.6 Å². The van der Waals surface area contributed by atoms with Crippen LogP contribution in [-0.4, -0.2) is 49.5 Å². The lowest BCUT2D eigenvalue weighted by atomic mass is 10.1. The number of nitrogens with one attached hydrogen (secondary N) is 1. The number of nitrogens with zero attached hydrogens (tertiary/aromatic N) is 3. The average molecular weight is 483 g/mol. The largest absolute Gasteiger partial charge is 0.497 e. The van der Waals surface area contributed by atoms with E-state index in [4.69, 9.17) is 14.2 Å². The van der Waals surface area contributed by atoms with Gasteiger partial charge in [0, 0.05) is 47.7 Å². The van der Waals surface area contributed by atoms with Crippen LogP contribution in [0.25, 0.3) is 11.3 Å². The van der Waals surface area contributed by atoms with Gasteiger partial charge in [0.2, 0.25) is 5.88 Å². The van der Waals surface area contributed by atoms with Crippen LogP contribution >= 0.6 is 0 Å². The number of carbonyl (C=O) groups is 1. The first-order valence-corrected chi connectivity index (χ1v) is 11.7. The zero-order valence-corrected chi connectivity index (χ0v) is 19.9. The molecule has 182 valence electrons. The predicted molar refractivity (Wildman–Crippen MR) is 138 cm³/mol. The Bertz CT molecular complexity index is 1300. The van der Waals surface area contributed by atoms with Crippen molar-refractivity contribution in [2.75, 3.05) is 43.6 Å². The highest BCUT2D eigenvalue weighted by Crippen LogP contribution is 2.25. The number of carbonyl (C=O) groups excluding carboxylic acids is 1. The summed E-state index contributed by atoms with van der Waals surface area (Å²) in [4.78, 5) is 15.0. The van der Waals surface area contributed by atoms with Crippen molar-refractivity contribution >= 4 is 17.3 Å². The molecule has 1 aliphatic heterocycles. The van der Waals surface area contributed by atoms with Gasteiger partial charge in [0.05, 0.1) is 26.0 Å². The van der Waals surface area contributed by atoms with Crippen molar-refractivity contribution in [2.24, 2.45) is 0 Å². The van der Waals surface area contributed by atoms with Gasteiger partial charge in [-0.15, -0.1) is 10.2 Å². The molecule has 1 N–H and O–H groups in total. The Hall–Kier alpha value is -4.43. The number of hydrogen-bond donors (Lipinski definition) is 1. The summed E-state index contributed by atoms with van der Waals surface area (Å²) < 4.78 is 16.4. The highest BCUT2D eigenvalue weighted by Gasteiger charge is 2.12. The van der Waals surface area contributed by atoms with Gasteiger partial charge >= 0.3 is 0 Å². The van der Waals surface area contributed by atoms with Crippen molar-refractivity contribution in [3.8, 4) is 28.6 Å². The molecule has 0 spiro atoms. The Morgan fingerprint density at radius 1 is 0.889 bits per heavy atom. The Balaban J connectivity index is 1.19. The number of amides is 1. The van der Waals surface area contributed by atoms with Crippen LogP contribution in [0.2, 0.25) is 0 Å². The minimum absolute atomic E-state index is 0.172. The molecule has 8 nitrogen and oxygen atoms in total. The highest BCUT2D eigenvalue weighted by atomic mass is 16.5. The topological polar surface area (TPSA) is 85.8 Å². The molecule has 0 radical (unpaired) electrons. The maximum Gasteiger partial charge on any atom is 0.255 e. The van der Waals surface area contributed by atoms with Crippen LogP contribution < -0.4 is 19.7 Å². The maximum atomic E-state index is 12.7. The second-order valence-corrected chi connectivity index (χ2v) is 8.22. The van der Waals surface area contributed by atoms with Crippen molar-refractivity contribution in [3.05, 3.63) is 90.5 Å². The third-order valence-electron chi connectivity index (χ3n) is 5.85. The van der Waals surface area contributed by atoms with Crippen LogP contribution in [0, 0.1) is 0 Å².